The van der Waals surface area contributed by atoms with Gasteiger partial charge in [-0.3, -0.25) is 4.79 Å². The van der Waals surface area contributed by atoms with E-state index in [1.54, 1.807) is 7.11 Å². The summed E-state index contributed by atoms with van der Waals surface area (Å²) in [4.78, 5) is 14.1. The minimum atomic E-state index is 0.146. The summed E-state index contributed by atoms with van der Waals surface area (Å²) < 4.78 is 6.26. The molecular formula is C14H19BrN2O2. The summed E-state index contributed by atoms with van der Waals surface area (Å²) >= 11 is 3.40. The highest BCUT2D eigenvalue weighted by Gasteiger charge is 2.21. The summed E-state index contributed by atoms with van der Waals surface area (Å²) in [5.74, 6) is 0.893. The number of hydrogen-bond acceptors (Lipinski definition) is 3. The number of hydrogen-bond donors (Lipinski definition) is 1. The van der Waals surface area contributed by atoms with Crippen LogP contribution in [0.2, 0.25) is 0 Å². The molecule has 104 valence electrons. The van der Waals surface area contributed by atoms with Crippen molar-refractivity contribution in [2.24, 2.45) is 5.73 Å². The predicted octanol–water partition coefficient (Wildman–Crippen LogP) is 1.95. The van der Waals surface area contributed by atoms with Crippen molar-refractivity contribution in [2.75, 3.05) is 20.2 Å². The highest BCUT2D eigenvalue weighted by molar-refractivity contribution is 9.10. The van der Waals surface area contributed by atoms with Crippen molar-refractivity contribution in [3.63, 3.8) is 0 Å². The summed E-state index contributed by atoms with van der Waals surface area (Å²) in [7, 11) is 1.62. The molecule has 1 heterocycles. The zero-order valence-corrected chi connectivity index (χ0v) is 12.6. The quantitative estimate of drug-likeness (QED) is 0.923. The van der Waals surface area contributed by atoms with Crippen LogP contribution in [0.15, 0.2) is 22.7 Å². The second-order valence-corrected chi connectivity index (χ2v) is 5.77. The predicted molar refractivity (Wildman–Crippen MR) is 78.2 cm³/mol. The van der Waals surface area contributed by atoms with E-state index in [1.165, 1.54) is 0 Å². The van der Waals surface area contributed by atoms with Crippen molar-refractivity contribution < 1.29 is 9.53 Å². The maximum absolute atomic E-state index is 12.2. The van der Waals surface area contributed by atoms with Gasteiger partial charge in [-0.15, -0.1) is 0 Å². The molecule has 4 nitrogen and oxygen atoms in total. The maximum atomic E-state index is 12.2. The Bertz CT molecular complexity index is 457. The van der Waals surface area contributed by atoms with Crippen molar-refractivity contribution in [2.45, 2.75) is 25.3 Å². The van der Waals surface area contributed by atoms with Crippen molar-refractivity contribution in [3.8, 4) is 5.75 Å². The zero-order chi connectivity index (χ0) is 13.8. The van der Waals surface area contributed by atoms with E-state index in [-0.39, 0.29) is 11.9 Å². The van der Waals surface area contributed by atoms with Gasteiger partial charge in [-0.25, -0.2) is 0 Å². The first kappa shape index (κ1) is 14.3. The number of piperidine rings is 1. The topological polar surface area (TPSA) is 55.6 Å². The Kier molecular flexibility index (Phi) is 4.82. The van der Waals surface area contributed by atoms with Gasteiger partial charge in [0.05, 0.1) is 13.5 Å². The van der Waals surface area contributed by atoms with E-state index in [0.29, 0.717) is 6.42 Å². The van der Waals surface area contributed by atoms with Gasteiger partial charge >= 0.3 is 0 Å². The Labute approximate surface area is 122 Å². The molecule has 0 bridgehead atoms. The maximum Gasteiger partial charge on any atom is 0.227 e. The third-order valence-electron chi connectivity index (χ3n) is 3.48. The van der Waals surface area contributed by atoms with Crippen LogP contribution in [0.4, 0.5) is 0 Å². The number of methoxy groups -OCH3 is 1. The van der Waals surface area contributed by atoms with E-state index < -0.39 is 0 Å². The lowest BCUT2D eigenvalue weighted by molar-refractivity contribution is -0.131. The van der Waals surface area contributed by atoms with E-state index in [2.05, 4.69) is 15.9 Å². The molecule has 2 N–H and O–H groups in total. The average Bonchev–Trinajstić information content (AvgIpc) is 2.41. The number of benzene rings is 1. The Morgan fingerprint density at radius 2 is 2.16 bits per heavy atom. The lowest BCUT2D eigenvalue weighted by Crippen LogP contribution is -2.43. The molecule has 0 saturated carbocycles. The van der Waals surface area contributed by atoms with Crippen molar-refractivity contribution >= 4 is 21.8 Å². The highest BCUT2D eigenvalue weighted by Crippen LogP contribution is 2.24. The van der Waals surface area contributed by atoms with E-state index >= 15 is 0 Å². The summed E-state index contributed by atoms with van der Waals surface area (Å²) in [6, 6.07) is 5.98. The number of nitrogens with two attached hydrogens (primary N) is 1. The monoisotopic (exact) mass is 326 g/mol. The van der Waals surface area contributed by atoms with Crippen LogP contribution in [0.1, 0.15) is 18.4 Å². The lowest BCUT2D eigenvalue weighted by atomic mass is 10.0. The molecule has 1 aromatic carbocycles. The largest absolute Gasteiger partial charge is 0.496 e. The van der Waals surface area contributed by atoms with Crippen LogP contribution >= 0.6 is 15.9 Å². The number of amides is 1. The van der Waals surface area contributed by atoms with Crippen LogP contribution in [-0.4, -0.2) is 37.0 Å². The fourth-order valence-electron chi connectivity index (χ4n) is 2.29. The number of nitrogens with zero attached hydrogens (tertiary/aromatic N) is 1. The normalized spacial score (nSPS) is 16.5. The van der Waals surface area contributed by atoms with Gasteiger partial charge in [-0.1, -0.05) is 22.0 Å². The Hall–Kier alpha value is -1.07. The molecule has 0 spiro atoms. The number of carbonyl (C=O) groups excluding carboxylic acids is 1. The van der Waals surface area contributed by atoms with Gasteiger partial charge < -0.3 is 15.4 Å². The summed E-state index contributed by atoms with van der Waals surface area (Å²) in [5.41, 5.74) is 6.77. The molecule has 1 aromatic rings. The minimum Gasteiger partial charge on any atom is -0.496 e. The molecule has 1 aliphatic heterocycles. The summed E-state index contributed by atoms with van der Waals surface area (Å²) in [6.07, 6.45) is 2.16. The molecule has 0 aromatic heterocycles. The third kappa shape index (κ3) is 3.70. The first-order valence-corrected chi connectivity index (χ1v) is 7.25. The fraction of sp³-hybridized carbons (Fsp3) is 0.500. The molecule has 19 heavy (non-hydrogen) atoms. The van der Waals surface area contributed by atoms with Crippen molar-refractivity contribution in [3.05, 3.63) is 28.2 Å². The van der Waals surface area contributed by atoms with E-state index in [1.807, 2.05) is 23.1 Å². The van der Waals surface area contributed by atoms with Gasteiger partial charge in [0.2, 0.25) is 5.91 Å². The molecule has 0 radical (unpaired) electrons. The molecule has 1 aliphatic rings. The molecule has 0 aliphatic carbocycles. The molecular weight excluding hydrogens is 308 g/mol. The van der Waals surface area contributed by atoms with Crippen LogP contribution < -0.4 is 10.5 Å². The lowest BCUT2D eigenvalue weighted by Gasteiger charge is -2.30. The van der Waals surface area contributed by atoms with Crippen LogP contribution in [0.5, 0.6) is 5.75 Å². The molecule has 2 rings (SSSR count). The Morgan fingerprint density at radius 1 is 1.47 bits per heavy atom. The van der Waals surface area contributed by atoms with Crippen molar-refractivity contribution in [1.29, 1.82) is 0 Å². The van der Waals surface area contributed by atoms with Gasteiger partial charge in [0, 0.05) is 29.2 Å². The molecule has 1 fully saturated rings. The molecule has 1 amide bonds. The SMILES string of the molecule is COc1cc(Br)ccc1CC(=O)N1CCC(N)CC1. The second-order valence-electron chi connectivity index (χ2n) is 4.85. The molecule has 0 atom stereocenters. The minimum absolute atomic E-state index is 0.146. The van der Waals surface area contributed by atoms with Gasteiger partial charge in [0.25, 0.3) is 0 Å². The standard InChI is InChI=1S/C14H19BrN2O2/c1-19-13-9-11(15)3-2-10(13)8-14(18)17-6-4-12(16)5-7-17/h2-3,9,12H,4-8,16H2,1H3. The molecule has 5 heteroatoms. The smallest absolute Gasteiger partial charge is 0.227 e. The first-order chi connectivity index (χ1) is 9.10. The summed E-state index contributed by atoms with van der Waals surface area (Å²) in [5, 5.41) is 0. The average molecular weight is 327 g/mol. The number of ether oxygens (including phenoxy) is 1. The summed E-state index contributed by atoms with van der Waals surface area (Å²) in [6.45, 7) is 1.53. The Balaban J connectivity index is 2.02. The third-order valence-corrected chi connectivity index (χ3v) is 3.98. The fourth-order valence-corrected chi connectivity index (χ4v) is 2.63. The van der Waals surface area contributed by atoms with Crippen LogP contribution in [-0.2, 0) is 11.2 Å². The van der Waals surface area contributed by atoms with Crippen molar-refractivity contribution in [1.82, 2.24) is 4.90 Å². The Morgan fingerprint density at radius 3 is 2.79 bits per heavy atom. The zero-order valence-electron chi connectivity index (χ0n) is 11.1. The van der Waals surface area contributed by atoms with Crippen LogP contribution in [0.25, 0.3) is 0 Å². The van der Waals surface area contributed by atoms with E-state index in [9.17, 15) is 4.79 Å². The van der Waals surface area contributed by atoms with Gasteiger partial charge in [0.1, 0.15) is 5.75 Å². The van der Waals surface area contributed by atoms with Gasteiger partial charge in [-0.05, 0) is 25.0 Å². The number of rotatable bonds is 3. The number of likely N-dealkylation sites (tertiary alicyclic amines) is 1. The van der Waals surface area contributed by atoms with Crippen LogP contribution in [0, 0.1) is 0 Å². The van der Waals surface area contributed by atoms with E-state index in [4.69, 9.17) is 10.5 Å². The molecule has 0 unspecified atom stereocenters. The highest BCUT2D eigenvalue weighted by atomic mass is 79.9. The van der Waals surface area contributed by atoms with E-state index in [0.717, 1.165) is 41.7 Å². The first-order valence-electron chi connectivity index (χ1n) is 6.46. The van der Waals surface area contributed by atoms with Gasteiger partial charge in [0.15, 0.2) is 0 Å². The molecule has 1 saturated heterocycles. The number of carbonyl (C=O) groups is 1. The van der Waals surface area contributed by atoms with Gasteiger partial charge in [-0.2, -0.15) is 0 Å². The number of halogens is 1. The second kappa shape index (κ2) is 6.39. The van der Waals surface area contributed by atoms with Crippen LogP contribution in [0.3, 0.4) is 0 Å².